The summed E-state index contributed by atoms with van der Waals surface area (Å²) >= 11 is 0. The van der Waals surface area contributed by atoms with Crippen LogP contribution in [-0.2, 0) is 0 Å². The van der Waals surface area contributed by atoms with Crippen LogP contribution in [0.1, 0.15) is 44.7 Å². The van der Waals surface area contributed by atoms with Crippen LogP contribution in [0.15, 0.2) is 54.6 Å². The molecule has 1 saturated heterocycles. The van der Waals surface area contributed by atoms with Crippen molar-refractivity contribution in [3.8, 4) is 5.75 Å². The van der Waals surface area contributed by atoms with Crippen LogP contribution in [-0.4, -0.2) is 65.6 Å². The summed E-state index contributed by atoms with van der Waals surface area (Å²) in [7, 11) is 0. The van der Waals surface area contributed by atoms with Crippen LogP contribution in [0.5, 0.6) is 5.75 Å². The lowest BCUT2D eigenvalue weighted by Crippen LogP contribution is -2.46. The molecule has 0 aliphatic carbocycles. The van der Waals surface area contributed by atoms with E-state index in [2.05, 4.69) is 11.0 Å². The summed E-state index contributed by atoms with van der Waals surface area (Å²) in [5.74, 6) is 0.676. The molecular formula is C29H32N2O4. The number of imide groups is 1. The Bertz CT molecular complexity index is 1210. The highest BCUT2D eigenvalue weighted by Crippen LogP contribution is 2.31. The lowest BCUT2D eigenvalue weighted by Gasteiger charge is -2.36. The number of benzene rings is 3. The molecule has 3 aromatic carbocycles. The second-order valence-electron chi connectivity index (χ2n) is 9.91. The Morgan fingerprint density at radius 2 is 1.63 bits per heavy atom. The van der Waals surface area contributed by atoms with Gasteiger partial charge in [0, 0.05) is 29.6 Å². The molecule has 182 valence electrons. The molecule has 0 spiro atoms. The number of carbonyl (C=O) groups is 2. The van der Waals surface area contributed by atoms with Crippen molar-refractivity contribution in [3.63, 3.8) is 0 Å². The molecule has 0 aromatic heterocycles. The molecule has 2 amide bonds. The average molecular weight is 473 g/mol. The van der Waals surface area contributed by atoms with E-state index < -0.39 is 6.10 Å². The molecular weight excluding hydrogens is 440 g/mol. The highest BCUT2D eigenvalue weighted by atomic mass is 16.5. The van der Waals surface area contributed by atoms with Crippen molar-refractivity contribution < 1.29 is 19.4 Å². The van der Waals surface area contributed by atoms with Crippen molar-refractivity contribution >= 4 is 22.6 Å². The number of piperidine rings is 1. The van der Waals surface area contributed by atoms with E-state index in [1.165, 1.54) is 10.5 Å². The number of rotatable bonds is 7. The molecule has 1 atom stereocenters. The monoisotopic (exact) mass is 472 g/mol. The topological polar surface area (TPSA) is 70.1 Å². The Balaban J connectivity index is 1.14. The molecule has 1 N–H and O–H groups in total. The van der Waals surface area contributed by atoms with Gasteiger partial charge in [0.2, 0.25) is 0 Å². The predicted molar refractivity (Wildman–Crippen MR) is 136 cm³/mol. The third-order valence-electron chi connectivity index (χ3n) is 7.23. The largest absolute Gasteiger partial charge is 0.491 e. The maximum absolute atomic E-state index is 13.2. The number of hydrogen-bond donors (Lipinski definition) is 1. The Labute approximate surface area is 206 Å². The van der Waals surface area contributed by atoms with Crippen LogP contribution >= 0.6 is 0 Å². The Morgan fingerprint density at radius 1 is 0.971 bits per heavy atom. The van der Waals surface area contributed by atoms with Crippen LogP contribution in [0.25, 0.3) is 10.8 Å². The summed E-state index contributed by atoms with van der Waals surface area (Å²) in [6.45, 7) is 6.96. The zero-order chi connectivity index (χ0) is 24.5. The number of amides is 2. The lowest BCUT2D eigenvalue weighted by molar-refractivity contribution is 0.0452. The zero-order valence-electron chi connectivity index (χ0n) is 20.4. The Morgan fingerprint density at radius 3 is 2.26 bits per heavy atom. The number of nitrogens with zero attached hydrogens (tertiary/aromatic N) is 2. The minimum absolute atomic E-state index is 0.194. The summed E-state index contributed by atoms with van der Waals surface area (Å²) < 4.78 is 5.83. The van der Waals surface area contributed by atoms with E-state index >= 15 is 0 Å². The summed E-state index contributed by atoms with van der Waals surface area (Å²) in [6.07, 6.45) is 1.19. The van der Waals surface area contributed by atoms with E-state index in [0.29, 0.717) is 24.2 Å². The summed E-state index contributed by atoms with van der Waals surface area (Å²) in [4.78, 5) is 30.0. The van der Waals surface area contributed by atoms with Crippen molar-refractivity contribution in [1.29, 1.82) is 0 Å². The molecule has 0 saturated carbocycles. The van der Waals surface area contributed by atoms with Gasteiger partial charge in [0.05, 0.1) is 0 Å². The SMILES string of the molecule is Cc1ccc(OC[C@@H](O)CN2CCC(CN3C(=O)c4cccc5cccc(c45)C3=O)CC2)c(C)c1. The number of aryl methyl sites for hydroxylation is 2. The molecule has 3 aromatic rings. The molecule has 2 heterocycles. The van der Waals surface area contributed by atoms with Crippen molar-refractivity contribution in [2.75, 3.05) is 32.8 Å². The summed E-state index contributed by atoms with van der Waals surface area (Å²) in [6, 6.07) is 17.3. The van der Waals surface area contributed by atoms with Crippen LogP contribution in [0.2, 0.25) is 0 Å². The smallest absolute Gasteiger partial charge is 0.261 e. The number of ether oxygens (including phenoxy) is 1. The zero-order valence-corrected chi connectivity index (χ0v) is 20.4. The summed E-state index contributed by atoms with van der Waals surface area (Å²) in [5.41, 5.74) is 3.48. The van der Waals surface area contributed by atoms with Gasteiger partial charge in [0.1, 0.15) is 18.5 Å². The molecule has 1 fully saturated rings. The molecule has 6 heteroatoms. The second kappa shape index (κ2) is 9.80. The number of aliphatic hydroxyl groups excluding tert-OH is 1. The standard InChI is InChI=1S/C29H32N2O4/c1-19-9-10-26(20(2)15-19)35-18-23(32)17-30-13-11-21(12-14-30)16-31-28(33)24-7-3-5-22-6-4-8-25(27(22)24)29(31)34/h3-10,15,21,23,32H,11-14,16-18H2,1-2H3/t23-/m0/s1. The van der Waals surface area contributed by atoms with Gasteiger partial charge >= 0.3 is 0 Å². The van der Waals surface area contributed by atoms with E-state index in [4.69, 9.17) is 4.74 Å². The average Bonchev–Trinajstić information content (AvgIpc) is 2.85. The maximum atomic E-state index is 13.2. The third-order valence-corrected chi connectivity index (χ3v) is 7.23. The van der Waals surface area contributed by atoms with Crippen molar-refractivity contribution in [2.24, 2.45) is 5.92 Å². The van der Waals surface area contributed by atoms with Gasteiger partial charge in [0.25, 0.3) is 11.8 Å². The maximum Gasteiger partial charge on any atom is 0.261 e. The van der Waals surface area contributed by atoms with Crippen molar-refractivity contribution in [2.45, 2.75) is 32.8 Å². The van der Waals surface area contributed by atoms with Gasteiger partial charge < -0.3 is 14.7 Å². The molecule has 2 aliphatic heterocycles. The molecule has 35 heavy (non-hydrogen) atoms. The molecule has 2 aliphatic rings. The van der Waals surface area contributed by atoms with Crippen molar-refractivity contribution in [1.82, 2.24) is 9.80 Å². The first-order valence-corrected chi connectivity index (χ1v) is 12.4. The fraction of sp³-hybridized carbons (Fsp3) is 0.379. The first-order valence-electron chi connectivity index (χ1n) is 12.4. The first kappa shape index (κ1) is 23.5. The fourth-order valence-corrected chi connectivity index (χ4v) is 5.35. The molecule has 0 bridgehead atoms. The molecule has 0 radical (unpaired) electrons. The van der Waals surface area contributed by atoms with Crippen molar-refractivity contribution in [3.05, 3.63) is 76.9 Å². The van der Waals surface area contributed by atoms with Gasteiger partial charge in [-0.3, -0.25) is 14.5 Å². The molecule has 6 nitrogen and oxygen atoms in total. The van der Waals surface area contributed by atoms with Gasteiger partial charge in [-0.15, -0.1) is 0 Å². The van der Waals surface area contributed by atoms with Gasteiger partial charge in [0.15, 0.2) is 0 Å². The first-order chi connectivity index (χ1) is 16.9. The number of likely N-dealkylation sites (tertiary alicyclic amines) is 1. The third kappa shape index (κ3) is 4.81. The molecule has 5 rings (SSSR count). The Hall–Kier alpha value is -3.22. The fourth-order valence-electron chi connectivity index (χ4n) is 5.35. The van der Waals surface area contributed by atoms with E-state index in [9.17, 15) is 14.7 Å². The van der Waals surface area contributed by atoms with Crippen LogP contribution in [0, 0.1) is 19.8 Å². The lowest BCUT2D eigenvalue weighted by atomic mass is 9.91. The van der Waals surface area contributed by atoms with Crippen LogP contribution in [0.3, 0.4) is 0 Å². The normalized spacial score (nSPS) is 17.7. The molecule has 0 unspecified atom stereocenters. The highest BCUT2D eigenvalue weighted by Gasteiger charge is 2.34. The van der Waals surface area contributed by atoms with Gasteiger partial charge in [-0.1, -0.05) is 42.0 Å². The number of hydrogen-bond acceptors (Lipinski definition) is 5. The van der Waals surface area contributed by atoms with Crippen LogP contribution < -0.4 is 4.74 Å². The summed E-state index contributed by atoms with van der Waals surface area (Å²) in [5, 5.41) is 12.2. The predicted octanol–water partition coefficient (Wildman–Crippen LogP) is 4.20. The number of β-amino-alcohol motifs (C(OH)–C–C–N with tert-alkyl or cyclic N) is 1. The Kier molecular flexibility index (Phi) is 6.58. The minimum Gasteiger partial charge on any atom is -0.491 e. The highest BCUT2D eigenvalue weighted by molar-refractivity contribution is 6.25. The second-order valence-corrected chi connectivity index (χ2v) is 9.91. The van der Waals surface area contributed by atoms with E-state index in [0.717, 1.165) is 48.0 Å². The quantitative estimate of drug-likeness (QED) is 0.522. The van der Waals surface area contributed by atoms with Crippen LogP contribution in [0.4, 0.5) is 0 Å². The van der Waals surface area contributed by atoms with E-state index in [1.807, 2.05) is 62.4 Å². The van der Waals surface area contributed by atoms with Gasteiger partial charge in [-0.25, -0.2) is 0 Å². The number of aliphatic hydroxyl groups is 1. The number of carbonyl (C=O) groups excluding carboxylic acids is 2. The van der Waals surface area contributed by atoms with E-state index in [-0.39, 0.29) is 24.3 Å². The van der Waals surface area contributed by atoms with Gasteiger partial charge in [-0.05, 0) is 74.8 Å². The van der Waals surface area contributed by atoms with E-state index in [1.54, 1.807) is 0 Å². The minimum atomic E-state index is -0.575. The van der Waals surface area contributed by atoms with Gasteiger partial charge in [-0.2, -0.15) is 0 Å².